The molecule has 0 bridgehead atoms. The van der Waals surface area contributed by atoms with Crippen molar-refractivity contribution in [2.24, 2.45) is 0 Å². The molecule has 0 spiro atoms. The van der Waals surface area contributed by atoms with Gasteiger partial charge in [0.1, 0.15) is 0 Å². The maximum atomic E-state index is 11.0. The van der Waals surface area contributed by atoms with Crippen LogP contribution in [0.5, 0.6) is 0 Å². The maximum Gasteiger partial charge on any atom is 0.481 e. The van der Waals surface area contributed by atoms with Crippen molar-refractivity contribution in [3.63, 3.8) is 0 Å². The number of phosphoric acid groups is 2. The van der Waals surface area contributed by atoms with Crippen molar-refractivity contribution in [2.75, 3.05) is 0 Å². The second-order valence-electron chi connectivity index (χ2n) is 2.80. The van der Waals surface area contributed by atoms with E-state index in [2.05, 4.69) is 8.83 Å². The Kier molecular flexibility index (Phi) is 4.41. The van der Waals surface area contributed by atoms with Crippen molar-refractivity contribution in [2.45, 2.75) is 6.61 Å². The normalized spacial score (nSPS) is 15.7. The van der Waals surface area contributed by atoms with Crippen LogP contribution < -0.4 is 0 Å². The second-order valence-corrected chi connectivity index (χ2v) is 5.63. The molecule has 1 unspecified atom stereocenters. The second kappa shape index (κ2) is 5.21. The van der Waals surface area contributed by atoms with E-state index in [1.165, 1.54) is 0 Å². The number of hydrogen-bond donors (Lipinski definition) is 3. The highest BCUT2D eigenvalue weighted by Gasteiger charge is 2.32. The van der Waals surface area contributed by atoms with Crippen molar-refractivity contribution in [3.8, 4) is 0 Å². The molecule has 0 heterocycles. The smallest absolute Gasteiger partial charge is 0.302 e. The molecule has 0 saturated carbocycles. The van der Waals surface area contributed by atoms with E-state index in [4.69, 9.17) is 14.7 Å². The molecule has 0 saturated heterocycles. The lowest BCUT2D eigenvalue weighted by Crippen LogP contribution is -1.94. The van der Waals surface area contributed by atoms with E-state index in [-0.39, 0.29) is 6.61 Å². The molecular weight excluding hydrogens is 258 g/mol. The average Bonchev–Trinajstić information content (AvgIpc) is 2.13. The Bertz CT molecular complexity index is 426. The van der Waals surface area contributed by atoms with Crippen molar-refractivity contribution < 1.29 is 32.6 Å². The third-order valence-electron chi connectivity index (χ3n) is 1.45. The van der Waals surface area contributed by atoms with E-state index in [0.717, 1.165) is 0 Å². The zero-order valence-electron chi connectivity index (χ0n) is 7.96. The predicted molar refractivity (Wildman–Crippen MR) is 54.2 cm³/mol. The van der Waals surface area contributed by atoms with Crippen LogP contribution in [0.3, 0.4) is 0 Å². The van der Waals surface area contributed by atoms with E-state index < -0.39 is 15.6 Å². The molecule has 16 heavy (non-hydrogen) atoms. The highest BCUT2D eigenvalue weighted by molar-refractivity contribution is 7.60. The highest BCUT2D eigenvalue weighted by atomic mass is 31.3. The van der Waals surface area contributed by atoms with Gasteiger partial charge in [0.15, 0.2) is 0 Å². The third-order valence-corrected chi connectivity index (χ3v) is 3.58. The molecule has 90 valence electrons. The summed E-state index contributed by atoms with van der Waals surface area (Å²) in [6.45, 7) is -0.283. The van der Waals surface area contributed by atoms with Gasteiger partial charge >= 0.3 is 15.6 Å². The predicted octanol–water partition coefficient (Wildman–Crippen LogP) is 1.41. The molecule has 1 rings (SSSR count). The molecule has 0 aliphatic heterocycles. The lowest BCUT2D eigenvalue weighted by molar-refractivity contribution is 0.172. The summed E-state index contributed by atoms with van der Waals surface area (Å²) in [5, 5.41) is 0. The highest BCUT2D eigenvalue weighted by Crippen LogP contribution is 2.57. The van der Waals surface area contributed by atoms with Crippen LogP contribution in [-0.4, -0.2) is 14.7 Å². The topological polar surface area (TPSA) is 113 Å². The van der Waals surface area contributed by atoms with Gasteiger partial charge in [-0.2, -0.15) is 4.31 Å². The van der Waals surface area contributed by atoms with Gasteiger partial charge in [0.25, 0.3) is 0 Å². The number of phosphoric ester groups is 1. The lowest BCUT2D eigenvalue weighted by atomic mass is 10.2. The van der Waals surface area contributed by atoms with Gasteiger partial charge < -0.3 is 14.7 Å². The fraction of sp³-hybridized carbons (Fsp3) is 0.143. The molecule has 9 heteroatoms. The van der Waals surface area contributed by atoms with Crippen LogP contribution in [-0.2, 0) is 24.6 Å². The molecule has 1 atom stereocenters. The Hall–Kier alpha value is -0.520. The first-order valence-corrected chi connectivity index (χ1v) is 7.09. The molecule has 1 aromatic rings. The van der Waals surface area contributed by atoms with Crippen molar-refractivity contribution in [1.29, 1.82) is 0 Å². The summed E-state index contributed by atoms with van der Waals surface area (Å²) in [5.41, 5.74) is 0.575. The number of benzene rings is 1. The van der Waals surface area contributed by atoms with Gasteiger partial charge in [-0.05, 0) is 5.56 Å². The van der Waals surface area contributed by atoms with Crippen molar-refractivity contribution in [1.82, 2.24) is 0 Å². The standard InChI is InChI=1S/C7H10O7P2/c8-15(9,10)14-16(11,12)13-6-7-4-2-1-3-5-7/h1-5H,6H2,(H,11,12)(H2,8,9,10). The van der Waals surface area contributed by atoms with Gasteiger partial charge in [0, 0.05) is 0 Å². The molecular formula is C7H10O7P2. The van der Waals surface area contributed by atoms with Gasteiger partial charge in [-0.25, -0.2) is 9.13 Å². The van der Waals surface area contributed by atoms with E-state index in [1.807, 2.05) is 0 Å². The largest absolute Gasteiger partial charge is 0.481 e. The molecule has 0 aliphatic rings. The molecule has 0 radical (unpaired) electrons. The fourth-order valence-electron chi connectivity index (χ4n) is 0.888. The van der Waals surface area contributed by atoms with Gasteiger partial charge in [-0.3, -0.25) is 4.52 Å². The van der Waals surface area contributed by atoms with Crippen molar-refractivity contribution in [3.05, 3.63) is 35.9 Å². The summed E-state index contributed by atoms with van der Waals surface area (Å²) in [5.74, 6) is 0. The molecule has 0 aromatic heterocycles. The number of rotatable bonds is 5. The van der Waals surface area contributed by atoms with Crippen LogP contribution in [0.15, 0.2) is 30.3 Å². The monoisotopic (exact) mass is 268 g/mol. The van der Waals surface area contributed by atoms with Crippen LogP contribution in [0.2, 0.25) is 0 Å². The van der Waals surface area contributed by atoms with Crippen LogP contribution >= 0.6 is 15.6 Å². The van der Waals surface area contributed by atoms with E-state index in [0.29, 0.717) is 5.56 Å². The Morgan fingerprint density at radius 1 is 1.06 bits per heavy atom. The van der Waals surface area contributed by atoms with Gasteiger partial charge in [0.05, 0.1) is 6.61 Å². The first-order chi connectivity index (χ1) is 7.29. The third kappa shape index (κ3) is 5.53. The summed E-state index contributed by atoms with van der Waals surface area (Å²) >= 11 is 0. The van der Waals surface area contributed by atoms with Gasteiger partial charge in [-0.15, -0.1) is 0 Å². The molecule has 1 aromatic carbocycles. The van der Waals surface area contributed by atoms with E-state index in [9.17, 15) is 9.13 Å². The first-order valence-electron chi connectivity index (χ1n) is 4.07. The summed E-state index contributed by atoms with van der Waals surface area (Å²) in [6.07, 6.45) is 0. The molecule has 7 nitrogen and oxygen atoms in total. The Morgan fingerprint density at radius 2 is 1.62 bits per heavy atom. The Balaban J connectivity index is 2.55. The minimum absolute atomic E-state index is 0.283. The van der Waals surface area contributed by atoms with Crippen LogP contribution in [0.4, 0.5) is 0 Å². The molecule has 0 fully saturated rings. The molecule has 0 amide bonds. The van der Waals surface area contributed by atoms with Crippen LogP contribution in [0.1, 0.15) is 5.56 Å². The molecule has 3 N–H and O–H groups in total. The summed E-state index contributed by atoms with van der Waals surface area (Å²) < 4.78 is 29.3. The summed E-state index contributed by atoms with van der Waals surface area (Å²) in [4.78, 5) is 25.6. The van der Waals surface area contributed by atoms with E-state index >= 15 is 0 Å². The lowest BCUT2D eigenvalue weighted by Gasteiger charge is -2.12. The minimum atomic E-state index is -5.05. The Morgan fingerprint density at radius 3 is 2.12 bits per heavy atom. The van der Waals surface area contributed by atoms with Gasteiger partial charge in [0.2, 0.25) is 0 Å². The quantitative estimate of drug-likeness (QED) is 0.692. The van der Waals surface area contributed by atoms with Crippen LogP contribution in [0, 0.1) is 0 Å². The summed E-state index contributed by atoms with van der Waals surface area (Å²) in [7, 11) is -9.79. The SMILES string of the molecule is O=P(O)(O)OP(=O)(O)OCc1ccccc1. The Labute approximate surface area is 91.5 Å². The number of hydrogen-bond acceptors (Lipinski definition) is 4. The van der Waals surface area contributed by atoms with E-state index in [1.54, 1.807) is 30.3 Å². The zero-order chi connectivity index (χ0) is 12.2. The minimum Gasteiger partial charge on any atom is -0.302 e. The van der Waals surface area contributed by atoms with Crippen molar-refractivity contribution >= 4 is 15.6 Å². The fourth-order valence-corrected chi connectivity index (χ4v) is 2.46. The van der Waals surface area contributed by atoms with Crippen LogP contribution in [0.25, 0.3) is 0 Å². The summed E-state index contributed by atoms with van der Waals surface area (Å²) in [6, 6.07) is 8.36. The zero-order valence-corrected chi connectivity index (χ0v) is 9.75. The first kappa shape index (κ1) is 13.5. The maximum absolute atomic E-state index is 11.0. The molecule has 0 aliphatic carbocycles. The van der Waals surface area contributed by atoms with Gasteiger partial charge in [-0.1, -0.05) is 30.3 Å². The average molecular weight is 268 g/mol.